The third-order valence-corrected chi connectivity index (χ3v) is 6.65. The van der Waals surface area contributed by atoms with Crippen LogP contribution in [0.25, 0.3) is 0 Å². The quantitative estimate of drug-likeness (QED) is 0.378. The fourth-order valence-corrected chi connectivity index (χ4v) is 4.36. The van der Waals surface area contributed by atoms with Gasteiger partial charge in [-0.2, -0.15) is 26.3 Å². The van der Waals surface area contributed by atoms with Gasteiger partial charge in [-0.15, -0.1) is 0 Å². The zero-order chi connectivity index (χ0) is 20.6. The van der Waals surface area contributed by atoms with Crippen LogP contribution in [0.15, 0.2) is 16.4 Å². The molecule has 1 aromatic heterocycles. The predicted octanol–water partition coefficient (Wildman–Crippen LogP) is 2.48. The minimum absolute atomic E-state index is 0.106. The van der Waals surface area contributed by atoms with Gasteiger partial charge >= 0.3 is 35.8 Å². The van der Waals surface area contributed by atoms with Gasteiger partial charge in [0, 0.05) is 0 Å². The topological polar surface area (TPSA) is 77.1 Å². The molecule has 1 rings (SSSR count). The molecule has 0 atom stereocenters. The summed E-state index contributed by atoms with van der Waals surface area (Å²) in [6.45, 7) is 1.45. The number of hydrogen-bond donors (Lipinski definition) is 0. The third-order valence-electron chi connectivity index (χ3n) is 3.51. The van der Waals surface area contributed by atoms with Gasteiger partial charge in [-0.05, 0) is 12.8 Å². The van der Waals surface area contributed by atoms with Crippen molar-refractivity contribution in [3.05, 3.63) is 6.20 Å². The number of unbranched alkanes of at least 4 members (excludes halogenated alkanes) is 3. The molecule has 6 nitrogen and oxygen atoms in total. The van der Waals surface area contributed by atoms with Gasteiger partial charge in [-0.25, -0.2) is 26.0 Å². The van der Waals surface area contributed by atoms with Gasteiger partial charge < -0.3 is 0 Å². The Morgan fingerprint density at radius 3 is 1.85 bits per heavy atom. The summed E-state index contributed by atoms with van der Waals surface area (Å²) in [6, 6.07) is 0. The first-order chi connectivity index (χ1) is 11.6. The van der Waals surface area contributed by atoms with E-state index in [1.165, 1.54) is 0 Å². The molecule has 0 bridgehead atoms. The smallest absolute Gasteiger partial charge is 0.219 e. The van der Waals surface area contributed by atoms with Crippen LogP contribution in [-0.2, 0) is 33.3 Å². The molecule has 0 N–H and O–H groups in total. The zero-order valence-corrected chi connectivity index (χ0v) is 15.4. The highest BCUT2D eigenvalue weighted by molar-refractivity contribution is 7.92. The van der Waals surface area contributed by atoms with Crippen molar-refractivity contribution in [1.29, 1.82) is 0 Å². The van der Waals surface area contributed by atoms with Crippen LogP contribution in [0.5, 0.6) is 0 Å². The minimum atomic E-state index is -6.07. The van der Waals surface area contributed by atoms with E-state index in [-0.39, 0.29) is 23.7 Å². The second-order valence-electron chi connectivity index (χ2n) is 5.46. The van der Waals surface area contributed by atoms with E-state index in [1.807, 2.05) is 6.92 Å². The molecular weight excluding hydrogens is 414 g/mol. The number of sulfone groups is 2. The summed E-state index contributed by atoms with van der Waals surface area (Å²) in [5.74, 6) is 0. The van der Waals surface area contributed by atoms with Crippen LogP contribution >= 0.6 is 0 Å². The van der Waals surface area contributed by atoms with Gasteiger partial charge in [0.1, 0.15) is 0 Å². The molecule has 0 aliphatic rings. The fraction of sp³-hybridized carbons (Fsp3) is 0.750. The Bertz CT molecular complexity index is 854. The monoisotopic (exact) mass is 431 g/mol. The average molecular weight is 431 g/mol. The van der Waals surface area contributed by atoms with E-state index in [9.17, 15) is 43.2 Å². The summed E-state index contributed by atoms with van der Waals surface area (Å²) in [6.07, 6.45) is 2.33. The lowest BCUT2D eigenvalue weighted by molar-refractivity contribution is -0.735. The molecule has 0 spiro atoms. The first kappa shape index (κ1) is 22.7. The molecule has 0 radical (unpaired) electrons. The molecule has 26 heavy (non-hydrogen) atoms. The Morgan fingerprint density at radius 1 is 0.923 bits per heavy atom. The maximum atomic E-state index is 12.9. The second kappa shape index (κ2) is 7.37. The van der Waals surface area contributed by atoms with Crippen molar-refractivity contribution in [3.8, 4) is 0 Å². The van der Waals surface area contributed by atoms with E-state index >= 15 is 0 Å². The van der Waals surface area contributed by atoms with Gasteiger partial charge in [-0.3, -0.25) is 0 Å². The summed E-state index contributed by atoms with van der Waals surface area (Å²) in [7, 11) is -11.6. The Kier molecular flexibility index (Phi) is 6.44. The van der Waals surface area contributed by atoms with Crippen molar-refractivity contribution < 1.29 is 47.7 Å². The lowest BCUT2D eigenvalue weighted by Crippen LogP contribution is -2.42. The molecule has 152 valence electrons. The highest BCUT2D eigenvalue weighted by Crippen LogP contribution is 2.33. The molecule has 0 unspecified atom stereocenters. The molecule has 0 amide bonds. The predicted molar refractivity (Wildman–Crippen MR) is 76.2 cm³/mol. The van der Waals surface area contributed by atoms with Crippen molar-refractivity contribution >= 4 is 19.7 Å². The molecule has 14 heteroatoms. The van der Waals surface area contributed by atoms with Gasteiger partial charge in [0.25, 0.3) is 5.03 Å². The summed E-state index contributed by atoms with van der Waals surface area (Å²) in [5.41, 5.74) is -11.6. The average Bonchev–Trinajstić information content (AvgIpc) is 2.79. The first-order valence-electron chi connectivity index (χ1n) is 7.31. The van der Waals surface area contributed by atoms with Crippen molar-refractivity contribution in [2.45, 2.75) is 60.4 Å². The number of aryl methyl sites for hydroxylation is 1. The van der Waals surface area contributed by atoms with E-state index < -0.39 is 40.9 Å². The number of aromatic nitrogens is 2. The van der Waals surface area contributed by atoms with Gasteiger partial charge in [-0.1, -0.05) is 19.8 Å². The van der Waals surface area contributed by atoms with Crippen LogP contribution in [0, 0.1) is 0 Å². The fourth-order valence-electron chi connectivity index (χ4n) is 2.24. The van der Waals surface area contributed by atoms with Crippen molar-refractivity contribution in [2.24, 2.45) is 7.05 Å². The van der Waals surface area contributed by atoms with E-state index in [2.05, 4.69) is 0 Å². The number of alkyl halides is 6. The van der Waals surface area contributed by atoms with Crippen LogP contribution < -0.4 is 4.57 Å². The summed E-state index contributed by atoms with van der Waals surface area (Å²) in [5, 5.41) is -3.15. The van der Waals surface area contributed by atoms with Gasteiger partial charge in [0.05, 0.1) is 13.6 Å². The van der Waals surface area contributed by atoms with Crippen molar-refractivity contribution in [3.63, 3.8) is 0 Å². The highest BCUT2D eigenvalue weighted by atomic mass is 32.2. The Labute approximate surface area is 146 Å². The zero-order valence-electron chi connectivity index (χ0n) is 13.7. The van der Waals surface area contributed by atoms with Crippen molar-refractivity contribution in [1.82, 2.24) is 4.57 Å². The van der Waals surface area contributed by atoms with Crippen LogP contribution in [0.4, 0.5) is 26.3 Å². The lowest BCUT2D eigenvalue weighted by atomic mass is 10.2. The molecule has 1 aromatic rings. The first-order valence-corrected chi connectivity index (χ1v) is 10.3. The molecular formula is C12H17F6N2O4S2+. The maximum absolute atomic E-state index is 12.9. The lowest BCUT2D eigenvalue weighted by Gasteiger charge is -2.08. The SMILES string of the molecule is CCCCCC[n+]1cc(S(=O)(=O)C(F)(F)F)n(C)c1S(=O)(=O)C(F)(F)F. The number of nitrogens with zero attached hydrogens (tertiary/aromatic N) is 2. The van der Waals surface area contributed by atoms with Gasteiger partial charge in [0.2, 0.25) is 0 Å². The maximum Gasteiger partial charge on any atom is 0.509 e. The Hall–Kier alpha value is -1.31. The molecule has 0 aliphatic heterocycles. The molecule has 1 heterocycles. The Morgan fingerprint density at radius 2 is 1.42 bits per heavy atom. The summed E-state index contributed by atoms with van der Waals surface area (Å²) < 4.78 is 124. The molecule has 0 aliphatic carbocycles. The van der Waals surface area contributed by atoms with E-state index in [4.69, 9.17) is 0 Å². The molecule has 0 saturated carbocycles. The number of imidazole rings is 1. The summed E-state index contributed by atoms with van der Waals surface area (Å²) in [4.78, 5) is 0. The molecule has 0 fully saturated rings. The second-order valence-corrected chi connectivity index (χ2v) is 9.18. The van der Waals surface area contributed by atoms with E-state index in [1.54, 1.807) is 0 Å². The van der Waals surface area contributed by atoms with E-state index in [0.29, 0.717) is 24.5 Å². The number of hydrogen-bond acceptors (Lipinski definition) is 4. The normalized spacial score (nSPS) is 14.0. The number of rotatable bonds is 7. The van der Waals surface area contributed by atoms with Gasteiger partial charge in [0.15, 0.2) is 6.20 Å². The van der Waals surface area contributed by atoms with Crippen molar-refractivity contribution in [2.75, 3.05) is 0 Å². The largest absolute Gasteiger partial charge is 0.509 e. The Balaban J connectivity index is 3.62. The molecule has 0 aromatic carbocycles. The number of halogens is 6. The van der Waals surface area contributed by atoms with Crippen LogP contribution in [0.3, 0.4) is 0 Å². The summed E-state index contributed by atoms with van der Waals surface area (Å²) >= 11 is 0. The minimum Gasteiger partial charge on any atom is -0.219 e. The van der Waals surface area contributed by atoms with Crippen LogP contribution in [0.2, 0.25) is 0 Å². The van der Waals surface area contributed by atoms with Crippen LogP contribution in [0.1, 0.15) is 32.6 Å². The van der Waals surface area contributed by atoms with E-state index in [0.717, 1.165) is 6.42 Å². The standard InChI is InChI=1S/C12H17F6N2O4S2/c1-3-4-5-6-7-20-8-9(25(21,22)11(13,14)15)19(2)10(20)26(23,24)12(16,17)18/h8H,3-7H2,1-2H3/q+1. The van der Waals surface area contributed by atoms with Crippen LogP contribution in [-0.4, -0.2) is 32.4 Å². The highest BCUT2D eigenvalue weighted by Gasteiger charge is 2.58. The molecule has 0 saturated heterocycles. The third kappa shape index (κ3) is 4.15.